The third-order valence-electron chi connectivity index (χ3n) is 2.81. The normalized spacial score (nSPS) is 10.5. The maximum atomic E-state index is 9.07. The van der Waals surface area contributed by atoms with Gasteiger partial charge in [0.1, 0.15) is 17.4 Å². The van der Waals surface area contributed by atoms with Gasteiger partial charge < -0.3 is 15.6 Å². The summed E-state index contributed by atoms with van der Waals surface area (Å²) in [6.45, 7) is 2.14. The van der Waals surface area contributed by atoms with Gasteiger partial charge in [0.2, 0.25) is 5.88 Å². The molecule has 3 N–H and O–H groups in total. The van der Waals surface area contributed by atoms with Gasteiger partial charge in [-0.3, -0.25) is 0 Å². The van der Waals surface area contributed by atoms with Crippen molar-refractivity contribution in [2.45, 2.75) is 26.2 Å². The molecule has 0 saturated heterocycles. The van der Waals surface area contributed by atoms with Gasteiger partial charge in [-0.05, 0) is 24.5 Å². The van der Waals surface area contributed by atoms with Crippen LogP contribution in [0.15, 0.2) is 30.3 Å². The predicted molar refractivity (Wildman–Crippen MR) is 77.7 cm³/mol. The van der Waals surface area contributed by atoms with E-state index in [1.54, 1.807) is 6.07 Å². The molecule has 0 bridgehead atoms. The second kappa shape index (κ2) is 6.86. The Morgan fingerprint density at radius 1 is 1.20 bits per heavy atom. The van der Waals surface area contributed by atoms with Crippen LogP contribution >= 0.6 is 0 Å². The van der Waals surface area contributed by atoms with Crippen LogP contribution in [0.3, 0.4) is 0 Å². The van der Waals surface area contributed by atoms with E-state index in [0.29, 0.717) is 29.7 Å². The lowest BCUT2D eigenvalue weighted by Gasteiger charge is -2.10. The van der Waals surface area contributed by atoms with E-state index in [1.807, 2.05) is 24.3 Å². The van der Waals surface area contributed by atoms with Gasteiger partial charge in [-0.15, -0.1) is 0 Å². The van der Waals surface area contributed by atoms with E-state index in [1.165, 1.54) is 0 Å². The first kappa shape index (κ1) is 14.3. The number of aliphatic hydroxyl groups is 1. The van der Waals surface area contributed by atoms with Crippen molar-refractivity contribution >= 4 is 5.82 Å². The Morgan fingerprint density at radius 3 is 2.75 bits per heavy atom. The molecule has 1 aromatic carbocycles. The summed E-state index contributed by atoms with van der Waals surface area (Å²) in [6.07, 6.45) is 2.25. The summed E-state index contributed by atoms with van der Waals surface area (Å²) in [7, 11) is 0. The van der Waals surface area contributed by atoms with Gasteiger partial charge in [-0.1, -0.05) is 25.1 Å². The number of nitrogen functional groups attached to an aromatic ring is 1. The molecule has 0 atom stereocenters. The average molecular weight is 273 g/mol. The molecule has 5 nitrogen and oxygen atoms in total. The van der Waals surface area contributed by atoms with Gasteiger partial charge in [0.25, 0.3) is 0 Å². The number of hydrogen-bond acceptors (Lipinski definition) is 5. The van der Waals surface area contributed by atoms with Gasteiger partial charge in [0.05, 0.1) is 0 Å². The fourth-order valence-electron chi connectivity index (χ4n) is 1.92. The lowest BCUT2D eigenvalue weighted by atomic mass is 10.1. The quantitative estimate of drug-likeness (QED) is 0.844. The highest BCUT2D eigenvalue weighted by atomic mass is 16.5. The van der Waals surface area contributed by atoms with E-state index < -0.39 is 0 Å². The molecule has 0 aliphatic heterocycles. The van der Waals surface area contributed by atoms with Crippen molar-refractivity contribution in [1.82, 2.24) is 9.97 Å². The van der Waals surface area contributed by atoms with Gasteiger partial charge >= 0.3 is 0 Å². The second-order valence-electron chi connectivity index (χ2n) is 4.48. The summed E-state index contributed by atoms with van der Waals surface area (Å²) >= 11 is 0. The summed E-state index contributed by atoms with van der Waals surface area (Å²) < 4.78 is 5.79. The number of para-hydroxylation sites is 1. The fraction of sp³-hybridized carbons (Fsp3) is 0.333. The summed E-state index contributed by atoms with van der Waals surface area (Å²) in [5.41, 5.74) is 6.70. The number of ether oxygens (including phenoxy) is 1. The number of aromatic nitrogens is 2. The first-order valence-electron chi connectivity index (χ1n) is 6.73. The summed E-state index contributed by atoms with van der Waals surface area (Å²) in [4.78, 5) is 8.51. The fourth-order valence-corrected chi connectivity index (χ4v) is 1.92. The Kier molecular flexibility index (Phi) is 4.90. The van der Waals surface area contributed by atoms with Crippen LogP contribution in [0.25, 0.3) is 0 Å². The second-order valence-corrected chi connectivity index (χ2v) is 4.48. The minimum absolute atomic E-state index is 0.0768. The van der Waals surface area contributed by atoms with Gasteiger partial charge in [-0.2, -0.15) is 4.98 Å². The van der Waals surface area contributed by atoms with Crippen LogP contribution in [0.1, 0.15) is 24.7 Å². The van der Waals surface area contributed by atoms with Crippen molar-refractivity contribution in [1.29, 1.82) is 0 Å². The number of benzene rings is 1. The number of anilines is 1. The molecule has 2 rings (SSSR count). The third kappa shape index (κ3) is 3.68. The molecule has 0 spiro atoms. The Labute approximate surface area is 118 Å². The Balaban J connectivity index is 2.25. The van der Waals surface area contributed by atoms with E-state index >= 15 is 0 Å². The van der Waals surface area contributed by atoms with Crippen molar-refractivity contribution in [2.75, 3.05) is 12.3 Å². The highest BCUT2D eigenvalue weighted by Gasteiger charge is 2.07. The zero-order valence-corrected chi connectivity index (χ0v) is 11.5. The molecule has 0 fully saturated rings. The zero-order valence-electron chi connectivity index (χ0n) is 11.5. The number of aliphatic hydroxyl groups excluding tert-OH is 1. The Morgan fingerprint density at radius 2 is 2.00 bits per heavy atom. The first-order valence-corrected chi connectivity index (χ1v) is 6.73. The Bertz CT molecular complexity index is 573. The molecule has 0 unspecified atom stereocenters. The maximum Gasteiger partial charge on any atom is 0.224 e. The number of rotatable bonds is 6. The van der Waals surface area contributed by atoms with Crippen molar-refractivity contribution in [3.63, 3.8) is 0 Å². The van der Waals surface area contributed by atoms with Crippen molar-refractivity contribution in [2.24, 2.45) is 0 Å². The number of nitrogens with zero attached hydrogens (tertiary/aromatic N) is 2. The number of hydrogen-bond donors (Lipinski definition) is 2. The zero-order chi connectivity index (χ0) is 14.4. The van der Waals surface area contributed by atoms with Crippen LogP contribution in [0.5, 0.6) is 11.6 Å². The minimum Gasteiger partial charge on any atom is -0.439 e. The van der Waals surface area contributed by atoms with Crippen LogP contribution in [-0.4, -0.2) is 21.7 Å². The molecule has 20 heavy (non-hydrogen) atoms. The topological polar surface area (TPSA) is 81.3 Å². The van der Waals surface area contributed by atoms with E-state index in [4.69, 9.17) is 15.6 Å². The predicted octanol–water partition coefficient (Wildman–Crippen LogP) is 2.34. The van der Waals surface area contributed by atoms with Crippen LogP contribution in [0.4, 0.5) is 5.82 Å². The SMILES string of the molecule is CCCc1nc(N)cc(Oc2ccccc2CCO)n1. The van der Waals surface area contributed by atoms with Gasteiger partial charge in [-0.25, -0.2) is 4.98 Å². The first-order chi connectivity index (χ1) is 9.72. The molecule has 0 aliphatic rings. The molecule has 0 aliphatic carbocycles. The molecule has 1 heterocycles. The standard InChI is InChI=1S/C15H19N3O2/c1-2-5-14-17-13(16)10-15(18-14)20-12-7-4-3-6-11(12)8-9-19/h3-4,6-7,10,19H,2,5,8-9H2,1H3,(H2,16,17,18). The number of aryl methyl sites for hydroxylation is 1. The third-order valence-corrected chi connectivity index (χ3v) is 2.81. The van der Waals surface area contributed by atoms with Crippen LogP contribution in [-0.2, 0) is 12.8 Å². The van der Waals surface area contributed by atoms with Crippen LogP contribution in [0.2, 0.25) is 0 Å². The summed E-state index contributed by atoms with van der Waals surface area (Å²) in [6, 6.07) is 9.17. The van der Waals surface area contributed by atoms with Crippen LogP contribution in [0, 0.1) is 0 Å². The van der Waals surface area contributed by atoms with Gasteiger partial charge in [0, 0.05) is 19.1 Å². The van der Waals surface area contributed by atoms with Crippen LogP contribution < -0.4 is 10.5 Å². The van der Waals surface area contributed by atoms with E-state index in [-0.39, 0.29) is 6.61 Å². The average Bonchev–Trinajstić information content (AvgIpc) is 2.41. The molecule has 2 aromatic rings. The largest absolute Gasteiger partial charge is 0.439 e. The maximum absolute atomic E-state index is 9.07. The lowest BCUT2D eigenvalue weighted by Crippen LogP contribution is -2.02. The molecule has 1 aromatic heterocycles. The van der Waals surface area contributed by atoms with Crippen molar-refractivity contribution < 1.29 is 9.84 Å². The number of nitrogens with two attached hydrogens (primary N) is 1. The highest BCUT2D eigenvalue weighted by molar-refractivity contribution is 5.39. The molecule has 0 radical (unpaired) electrons. The molecular weight excluding hydrogens is 254 g/mol. The van der Waals surface area contributed by atoms with Gasteiger partial charge in [0.15, 0.2) is 0 Å². The molecule has 5 heteroatoms. The lowest BCUT2D eigenvalue weighted by molar-refractivity contribution is 0.297. The van der Waals surface area contributed by atoms with E-state index in [2.05, 4.69) is 16.9 Å². The monoisotopic (exact) mass is 273 g/mol. The van der Waals surface area contributed by atoms with Crippen molar-refractivity contribution in [3.8, 4) is 11.6 Å². The van der Waals surface area contributed by atoms with Crippen molar-refractivity contribution in [3.05, 3.63) is 41.7 Å². The van der Waals surface area contributed by atoms with E-state index in [0.717, 1.165) is 18.4 Å². The highest BCUT2D eigenvalue weighted by Crippen LogP contribution is 2.25. The Hall–Kier alpha value is -2.14. The minimum atomic E-state index is 0.0768. The smallest absolute Gasteiger partial charge is 0.224 e. The summed E-state index contributed by atoms with van der Waals surface area (Å²) in [5, 5.41) is 9.07. The summed E-state index contributed by atoms with van der Waals surface area (Å²) in [5.74, 6) is 2.20. The van der Waals surface area contributed by atoms with E-state index in [9.17, 15) is 0 Å². The molecule has 106 valence electrons. The molecule has 0 amide bonds. The molecule has 0 saturated carbocycles. The molecular formula is C15H19N3O2.